The number of Topliss-reactive ketones (excluding diaryl/α,β-unsaturated/α-hetero) is 1. The van der Waals surface area contributed by atoms with Gasteiger partial charge in [0.1, 0.15) is 0 Å². The number of ketones is 1. The first kappa shape index (κ1) is 15.9. The average Bonchev–Trinajstić information content (AvgIpc) is 2.55. The number of halogens is 1. The second-order valence-corrected chi connectivity index (χ2v) is 6.53. The van der Waals surface area contributed by atoms with E-state index in [-0.39, 0.29) is 11.8 Å². The van der Waals surface area contributed by atoms with E-state index in [0.29, 0.717) is 10.7 Å². The topological polar surface area (TPSA) is 41.1 Å². The second kappa shape index (κ2) is 6.64. The summed E-state index contributed by atoms with van der Waals surface area (Å²) in [7, 11) is 0. The molecule has 5 heteroatoms. The summed E-state index contributed by atoms with van der Waals surface area (Å²) in [6, 6.07) is 17.3. The highest BCUT2D eigenvalue weighted by Crippen LogP contribution is 2.34. The van der Waals surface area contributed by atoms with Crippen LogP contribution in [0.1, 0.15) is 24.1 Å². The van der Waals surface area contributed by atoms with E-state index < -0.39 is 0 Å². The fourth-order valence-electron chi connectivity index (χ4n) is 2.72. The van der Waals surface area contributed by atoms with E-state index in [1.807, 2.05) is 54.6 Å². The third kappa shape index (κ3) is 3.21. The van der Waals surface area contributed by atoms with Crippen molar-refractivity contribution in [2.45, 2.75) is 13.0 Å². The number of thiocarbonyl (C=S) groups is 1. The van der Waals surface area contributed by atoms with Crippen LogP contribution in [0.15, 0.2) is 64.6 Å². The minimum atomic E-state index is -0.285. The summed E-state index contributed by atoms with van der Waals surface area (Å²) in [5.74, 6) is 0.00658. The Bertz CT molecular complexity index is 802. The van der Waals surface area contributed by atoms with Crippen LogP contribution in [-0.4, -0.2) is 10.9 Å². The Hall–Kier alpha value is -1.98. The minimum absolute atomic E-state index is 0.00658. The molecule has 2 N–H and O–H groups in total. The van der Waals surface area contributed by atoms with Gasteiger partial charge in [0.25, 0.3) is 0 Å². The average molecular weight is 387 g/mol. The summed E-state index contributed by atoms with van der Waals surface area (Å²) in [6.07, 6.45) is 0. The van der Waals surface area contributed by atoms with Crippen molar-refractivity contribution in [1.82, 2.24) is 10.6 Å². The SMILES string of the molecule is CC(=O)C1=C(c2ccccc2)NC(=S)N[C@H]1c1ccccc1Br. The van der Waals surface area contributed by atoms with E-state index in [1.165, 1.54) is 0 Å². The van der Waals surface area contributed by atoms with Gasteiger partial charge in [-0.3, -0.25) is 4.79 Å². The van der Waals surface area contributed by atoms with Crippen LogP contribution in [0.3, 0.4) is 0 Å². The van der Waals surface area contributed by atoms with Gasteiger partial charge in [-0.15, -0.1) is 0 Å². The molecule has 0 aromatic heterocycles. The molecule has 0 amide bonds. The molecule has 0 spiro atoms. The lowest BCUT2D eigenvalue weighted by Gasteiger charge is -2.31. The molecule has 0 aliphatic carbocycles. The molecule has 0 saturated heterocycles. The van der Waals surface area contributed by atoms with Crippen LogP contribution in [0.25, 0.3) is 5.70 Å². The highest BCUT2D eigenvalue weighted by Gasteiger charge is 2.30. The molecule has 116 valence electrons. The van der Waals surface area contributed by atoms with Crippen molar-refractivity contribution in [3.05, 3.63) is 75.8 Å². The van der Waals surface area contributed by atoms with Crippen LogP contribution >= 0.6 is 28.1 Å². The van der Waals surface area contributed by atoms with Gasteiger partial charge in [-0.2, -0.15) is 0 Å². The number of nitrogens with one attached hydrogen (secondary N) is 2. The van der Waals surface area contributed by atoms with Crippen molar-refractivity contribution in [3.63, 3.8) is 0 Å². The van der Waals surface area contributed by atoms with Crippen LogP contribution in [0.5, 0.6) is 0 Å². The van der Waals surface area contributed by atoms with Gasteiger partial charge in [0.2, 0.25) is 0 Å². The Morgan fingerprint density at radius 1 is 1.09 bits per heavy atom. The minimum Gasteiger partial charge on any atom is -0.351 e. The standard InChI is InChI=1S/C18H15BrN2OS/c1-11(22)15-16(12-7-3-2-4-8-12)20-18(23)21-17(15)13-9-5-6-10-14(13)19/h2-10,17H,1H3,(H2,20,21,23)/t17-/m0/s1. The molecule has 0 unspecified atom stereocenters. The molecule has 23 heavy (non-hydrogen) atoms. The van der Waals surface area contributed by atoms with E-state index in [1.54, 1.807) is 6.92 Å². The number of benzene rings is 2. The zero-order valence-electron chi connectivity index (χ0n) is 12.5. The van der Waals surface area contributed by atoms with Gasteiger partial charge in [-0.05, 0) is 36.3 Å². The first-order valence-electron chi connectivity index (χ1n) is 7.20. The van der Waals surface area contributed by atoms with Crippen LogP contribution in [-0.2, 0) is 4.79 Å². The van der Waals surface area contributed by atoms with Crippen LogP contribution in [0, 0.1) is 0 Å². The predicted molar refractivity (Wildman–Crippen MR) is 99.8 cm³/mol. The lowest BCUT2D eigenvalue weighted by molar-refractivity contribution is -0.113. The molecule has 0 radical (unpaired) electrons. The highest BCUT2D eigenvalue weighted by molar-refractivity contribution is 9.10. The Morgan fingerprint density at radius 3 is 2.39 bits per heavy atom. The van der Waals surface area contributed by atoms with Gasteiger partial charge in [-0.25, -0.2) is 0 Å². The number of carbonyl (C=O) groups is 1. The fraction of sp³-hybridized carbons (Fsp3) is 0.111. The van der Waals surface area contributed by atoms with Crippen molar-refractivity contribution in [3.8, 4) is 0 Å². The molecule has 2 aromatic rings. The summed E-state index contributed by atoms with van der Waals surface area (Å²) >= 11 is 8.93. The van der Waals surface area contributed by atoms with E-state index >= 15 is 0 Å². The Morgan fingerprint density at radius 2 is 1.74 bits per heavy atom. The molecule has 1 atom stereocenters. The largest absolute Gasteiger partial charge is 0.351 e. The third-order valence-corrected chi connectivity index (χ3v) is 4.67. The molecule has 1 aliphatic rings. The first-order chi connectivity index (χ1) is 11.1. The van der Waals surface area contributed by atoms with Crippen molar-refractivity contribution in [1.29, 1.82) is 0 Å². The number of carbonyl (C=O) groups excluding carboxylic acids is 1. The monoisotopic (exact) mass is 386 g/mol. The van der Waals surface area contributed by atoms with Crippen molar-refractivity contribution in [2.75, 3.05) is 0 Å². The van der Waals surface area contributed by atoms with Gasteiger partial charge in [0.05, 0.1) is 11.7 Å². The lowest BCUT2D eigenvalue weighted by atomic mass is 9.90. The van der Waals surface area contributed by atoms with Gasteiger partial charge >= 0.3 is 0 Å². The third-order valence-electron chi connectivity index (χ3n) is 3.73. The summed E-state index contributed by atoms with van der Waals surface area (Å²) in [6.45, 7) is 1.58. The van der Waals surface area contributed by atoms with Crippen LogP contribution in [0.2, 0.25) is 0 Å². The zero-order chi connectivity index (χ0) is 16.4. The van der Waals surface area contributed by atoms with Crippen molar-refractivity contribution < 1.29 is 4.79 Å². The van der Waals surface area contributed by atoms with E-state index in [2.05, 4.69) is 26.6 Å². The quantitative estimate of drug-likeness (QED) is 0.783. The fourth-order valence-corrected chi connectivity index (χ4v) is 3.45. The van der Waals surface area contributed by atoms with Gasteiger partial charge in [0, 0.05) is 10.0 Å². The molecule has 1 aliphatic heterocycles. The molecule has 0 saturated carbocycles. The summed E-state index contributed by atoms with van der Waals surface area (Å²) in [4.78, 5) is 12.4. The molecule has 1 heterocycles. The maximum Gasteiger partial charge on any atom is 0.171 e. The Balaban J connectivity index is 2.21. The predicted octanol–water partition coefficient (Wildman–Crippen LogP) is 3.97. The molecular weight excluding hydrogens is 372 g/mol. The summed E-state index contributed by atoms with van der Waals surface area (Å²) in [5, 5.41) is 6.87. The normalized spacial score (nSPS) is 17.5. The second-order valence-electron chi connectivity index (χ2n) is 5.26. The van der Waals surface area contributed by atoms with Crippen LogP contribution < -0.4 is 10.6 Å². The van der Waals surface area contributed by atoms with E-state index in [4.69, 9.17) is 12.2 Å². The zero-order valence-corrected chi connectivity index (χ0v) is 14.9. The van der Waals surface area contributed by atoms with Crippen molar-refractivity contribution in [2.24, 2.45) is 0 Å². The first-order valence-corrected chi connectivity index (χ1v) is 8.40. The smallest absolute Gasteiger partial charge is 0.171 e. The summed E-state index contributed by atoms with van der Waals surface area (Å²) < 4.78 is 0.938. The molecule has 2 aromatic carbocycles. The maximum atomic E-state index is 12.4. The Labute approximate surface area is 148 Å². The van der Waals surface area contributed by atoms with Crippen LogP contribution in [0.4, 0.5) is 0 Å². The molecule has 3 nitrogen and oxygen atoms in total. The van der Waals surface area contributed by atoms with Crippen molar-refractivity contribution >= 4 is 44.7 Å². The van der Waals surface area contributed by atoms with E-state index in [9.17, 15) is 4.79 Å². The number of hydrogen-bond donors (Lipinski definition) is 2. The molecule has 0 fully saturated rings. The number of rotatable bonds is 3. The maximum absolute atomic E-state index is 12.4. The summed E-state index contributed by atoms with van der Waals surface area (Å²) in [5.41, 5.74) is 3.37. The molecule has 3 rings (SSSR count). The number of hydrogen-bond acceptors (Lipinski definition) is 2. The Kier molecular flexibility index (Phi) is 4.59. The highest BCUT2D eigenvalue weighted by atomic mass is 79.9. The molecule has 0 bridgehead atoms. The van der Waals surface area contributed by atoms with Gasteiger partial charge in [-0.1, -0.05) is 64.5 Å². The lowest BCUT2D eigenvalue weighted by Crippen LogP contribution is -2.44. The van der Waals surface area contributed by atoms with E-state index in [0.717, 1.165) is 21.3 Å². The van der Waals surface area contributed by atoms with Gasteiger partial charge in [0.15, 0.2) is 10.9 Å². The van der Waals surface area contributed by atoms with Gasteiger partial charge < -0.3 is 10.6 Å². The molecular formula is C18H15BrN2OS.